The fourth-order valence-corrected chi connectivity index (χ4v) is 1.21. The third-order valence-electron chi connectivity index (χ3n) is 1.72. The van der Waals surface area contributed by atoms with Gasteiger partial charge >= 0.3 is 0 Å². The van der Waals surface area contributed by atoms with Crippen molar-refractivity contribution in [3.63, 3.8) is 0 Å². The number of aryl methyl sites for hydroxylation is 1. The van der Waals surface area contributed by atoms with Crippen molar-refractivity contribution in [3.8, 4) is 0 Å². The molecular weight excluding hydrogens is 166 g/mol. The van der Waals surface area contributed by atoms with E-state index in [9.17, 15) is 5.11 Å². The van der Waals surface area contributed by atoms with Crippen LogP contribution < -0.4 is 0 Å². The van der Waals surface area contributed by atoms with E-state index in [2.05, 4.69) is 17.0 Å². The highest BCUT2D eigenvalue weighted by Gasteiger charge is 2.17. The van der Waals surface area contributed by atoms with Crippen molar-refractivity contribution in [2.75, 3.05) is 0 Å². The van der Waals surface area contributed by atoms with Crippen molar-refractivity contribution in [2.45, 2.75) is 45.8 Å². The second kappa shape index (κ2) is 3.87. The summed E-state index contributed by atoms with van der Waals surface area (Å²) in [5.41, 5.74) is -0.710. The highest BCUT2D eigenvalue weighted by Crippen LogP contribution is 2.09. The molecule has 1 heterocycles. The molecule has 0 aromatic carbocycles. The molecule has 1 N–H and O–H groups in total. The average molecular weight is 183 g/mol. The smallest absolute Gasteiger partial charge is 0.138 e. The molecule has 0 saturated heterocycles. The molecule has 0 unspecified atom stereocenters. The van der Waals surface area contributed by atoms with E-state index in [1.165, 1.54) is 6.33 Å². The summed E-state index contributed by atoms with van der Waals surface area (Å²) in [4.78, 5) is 4.11. The molecule has 0 amide bonds. The van der Waals surface area contributed by atoms with Crippen molar-refractivity contribution in [2.24, 2.45) is 0 Å². The van der Waals surface area contributed by atoms with Crippen molar-refractivity contribution in [1.82, 2.24) is 14.8 Å². The van der Waals surface area contributed by atoms with Gasteiger partial charge in [-0.2, -0.15) is 5.10 Å². The number of rotatable bonds is 4. The molecule has 4 nitrogen and oxygen atoms in total. The molecule has 0 fully saturated rings. The Balaban J connectivity index is 2.70. The Bertz CT molecular complexity index is 262. The summed E-state index contributed by atoms with van der Waals surface area (Å²) in [6, 6.07) is 0. The highest BCUT2D eigenvalue weighted by molar-refractivity contribution is 4.90. The number of aromatic nitrogens is 3. The van der Waals surface area contributed by atoms with Crippen molar-refractivity contribution < 1.29 is 5.11 Å². The summed E-state index contributed by atoms with van der Waals surface area (Å²) in [5, 5.41) is 13.7. The van der Waals surface area contributed by atoms with Gasteiger partial charge in [0.25, 0.3) is 0 Å². The van der Waals surface area contributed by atoms with Crippen LogP contribution in [0.25, 0.3) is 0 Å². The zero-order valence-electron chi connectivity index (χ0n) is 8.49. The number of hydrogen-bond acceptors (Lipinski definition) is 3. The average Bonchev–Trinajstić information content (AvgIpc) is 2.34. The second-order valence-corrected chi connectivity index (χ2v) is 3.89. The standard InChI is InChI=1S/C9H17N3O/c1-4-5-12-8(10-7-11-12)6-9(2,3)13/h7,13H,4-6H2,1-3H3. The van der Waals surface area contributed by atoms with Gasteiger partial charge < -0.3 is 5.11 Å². The van der Waals surface area contributed by atoms with E-state index in [1.54, 1.807) is 13.8 Å². The van der Waals surface area contributed by atoms with Crippen LogP contribution in [0.3, 0.4) is 0 Å². The first kappa shape index (κ1) is 10.2. The molecule has 0 aliphatic heterocycles. The Labute approximate surface area is 78.6 Å². The maximum absolute atomic E-state index is 9.60. The van der Waals surface area contributed by atoms with Gasteiger partial charge in [-0.3, -0.25) is 4.68 Å². The molecule has 74 valence electrons. The summed E-state index contributed by atoms with van der Waals surface area (Å²) in [7, 11) is 0. The Morgan fingerprint density at radius 2 is 2.23 bits per heavy atom. The molecule has 0 aliphatic rings. The predicted octanol–water partition coefficient (Wildman–Crippen LogP) is 1.00. The van der Waals surface area contributed by atoms with Gasteiger partial charge in [0.15, 0.2) is 0 Å². The van der Waals surface area contributed by atoms with E-state index in [-0.39, 0.29) is 0 Å². The fraction of sp³-hybridized carbons (Fsp3) is 0.778. The summed E-state index contributed by atoms with van der Waals surface area (Å²) < 4.78 is 1.85. The van der Waals surface area contributed by atoms with Gasteiger partial charge in [0.1, 0.15) is 12.2 Å². The van der Waals surface area contributed by atoms with Crippen LogP contribution in [0.4, 0.5) is 0 Å². The Kier molecular flexibility index (Phi) is 3.03. The molecule has 0 aliphatic carbocycles. The summed E-state index contributed by atoms with van der Waals surface area (Å²) in [6.45, 7) is 6.51. The Hall–Kier alpha value is -0.900. The lowest BCUT2D eigenvalue weighted by Crippen LogP contribution is -2.24. The van der Waals surface area contributed by atoms with Gasteiger partial charge in [0, 0.05) is 13.0 Å². The molecule has 1 rings (SSSR count). The molecule has 0 bridgehead atoms. The van der Waals surface area contributed by atoms with Gasteiger partial charge in [-0.15, -0.1) is 0 Å². The van der Waals surface area contributed by atoms with E-state index >= 15 is 0 Å². The van der Waals surface area contributed by atoms with Crippen LogP contribution in [0, 0.1) is 0 Å². The SMILES string of the molecule is CCCn1ncnc1CC(C)(C)O. The summed E-state index contributed by atoms with van der Waals surface area (Å²) in [6.07, 6.45) is 3.12. The first-order valence-electron chi connectivity index (χ1n) is 4.62. The molecule has 0 atom stereocenters. The quantitative estimate of drug-likeness (QED) is 0.757. The van der Waals surface area contributed by atoms with Crippen LogP contribution >= 0.6 is 0 Å². The zero-order valence-corrected chi connectivity index (χ0v) is 8.49. The normalized spacial score (nSPS) is 12.0. The van der Waals surface area contributed by atoms with Crippen LogP contribution in [0.1, 0.15) is 33.0 Å². The highest BCUT2D eigenvalue weighted by atomic mass is 16.3. The van der Waals surface area contributed by atoms with E-state index < -0.39 is 5.60 Å². The van der Waals surface area contributed by atoms with E-state index in [0.717, 1.165) is 18.8 Å². The van der Waals surface area contributed by atoms with Crippen LogP contribution in [-0.4, -0.2) is 25.5 Å². The molecule has 0 spiro atoms. The second-order valence-electron chi connectivity index (χ2n) is 3.89. The van der Waals surface area contributed by atoms with Crippen LogP contribution in [-0.2, 0) is 13.0 Å². The van der Waals surface area contributed by atoms with Crippen molar-refractivity contribution in [3.05, 3.63) is 12.2 Å². The topological polar surface area (TPSA) is 50.9 Å². The zero-order chi connectivity index (χ0) is 9.90. The minimum atomic E-state index is -0.710. The lowest BCUT2D eigenvalue weighted by atomic mass is 10.1. The number of nitrogens with zero attached hydrogens (tertiary/aromatic N) is 3. The van der Waals surface area contributed by atoms with E-state index in [1.807, 2.05) is 4.68 Å². The monoisotopic (exact) mass is 183 g/mol. The minimum absolute atomic E-state index is 0.549. The van der Waals surface area contributed by atoms with Crippen molar-refractivity contribution in [1.29, 1.82) is 0 Å². The van der Waals surface area contributed by atoms with E-state index in [4.69, 9.17) is 0 Å². The molecule has 0 radical (unpaired) electrons. The van der Waals surface area contributed by atoms with Gasteiger partial charge in [-0.05, 0) is 20.3 Å². The van der Waals surface area contributed by atoms with Crippen molar-refractivity contribution >= 4 is 0 Å². The largest absolute Gasteiger partial charge is 0.390 e. The third kappa shape index (κ3) is 3.14. The maximum Gasteiger partial charge on any atom is 0.138 e. The molecule has 4 heteroatoms. The van der Waals surface area contributed by atoms with Gasteiger partial charge in [-0.25, -0.2) is 4.98 Å². The summed E-state index contributed by atoms with van der Waals surface area (Å²) in [5.74, 6) is 0.856. The predicted molar refractivity (Wildman–Crippen MR) is 50.3 cm³/mol. The summed E-state index contributed by atoms with van der Waals surface area (Å²) >= 11 is 0. The van der Waals surface area contributed by atoms with Gasteiger partial charge in [0.2, 0.25) is 0 Å². The van der Waals surface area contributed by atoms with E-state index in [0.29, 0.717) is 6.42 Å². The fourth-order valence-electron chi connectivity index (χ4n) is 1.21. The van der Waals surface area contributed by atoms with Gasteiger partial charge in [-0.1, -0.05) is 6.92 Å². The minimum Gasteiger partial charge on any atom is -0.390 e. The Morgan fingerprint density at radius 1 is 1.54 bits per heavy atom. The molecule has 0 saturated carbocycles. The maximum atomic E-state index is 9.60. The lowest BCUT2D eigenvalue weighted by molar-refractivity contribution is 0.0774. The van der Waals surface area contributed by atoms with Crippen LogP contribution in [0.2, 0.25) is 0 Å². The number of hydrogen-bond donors (Lipinski definition) is 1. The molecule has 13 heavy (non-hydrogen) atoms. The van der Waals surface area contributed by atoms with Gasteiger partial charge in [0.05, 0.1) is 5.60 Å². The lowest BCUT2D eigenvalue weighted by Gasteiger charge is -2.16. The number of aliphatic hydroxyl groups is 1. The van der Waals surface area contributed by atoms with Crippen LogP contribution in [0.15, 0.2) is 6.33 Å². The molecule has 1 aromatic heterocycles. The van der Waals surface area contributed by atoms with Crippen LogP contribution in [0.5, 0.6) is 0 Å². The molecule has 1 aromatic rings. The Morgan fingerprint density at radius 3 is 2.77 bits per heavy atom. The third-order valence-corrected chi connectivity index (χ3v) is 1.72. The molecular formula is C9H17N3O. The first-order chi connectivity index (χ1) is 6.03. The first-order valence-corrected chi connectivity index (χ1v) is 4.62.